The molecular weight excluding hydrogens is 264 g/mol. The molecule has 0 aliphatic rings. The van der Waals surface area contributed by atoms with Crippen LogP contribution in [0.3, 0.4) is 0 Å². The second-order valence-electron chi connectivity index (χ2n) is 2.60. The molecule has 0 aliphatic heterocycles. The maximum absolute atomic E-state index is 10.0. The average molecular weight is 273 g/mol. The summed E-state index contributed by atoms with van der Waals surface area (Å²) in [6, 6.07) is 7.54. The van der Waals surface area contributed by atoms with Crippen LogP contribution in [0.25, 0.3) is 6.08 Å². The minimum absolute atomic E-state index is 0.856. The fourth-order valence-electron chi connectivity index (χ4n) is 0.798. The van der Waals surface area contributed by atoms with Crippen molar-refractivity contribution in [1.29, 1.82) is 0 Å². The number of carboxylic acids is 1. The van der Waals surface area contributed by atoms with Crippen LogP contribution in [0.1, 0.15) is 4.88 Å². The molecule has 0 amide bonds. The lowest BCUT2D eigenvalue weighted by Gasteiger charge is -1.78. The van der Waals surface area contributed by atoms with Gasteiger partial charge in [0.1, 0.15) is 0 Å². The number of aliphatic carboxylic acids is 1. The molecule has 84 valence electrons. The topological polar surface area (TPSA) is 37.3 Å². The van der Waals surface area contributed by atoms with Crippen molar-refractivity contribution >= 4 is 46.3 Å². The molecule has 2 nitrogen and oxygen atoms in total. The molecule has 0 saturated carbocycles. The normalized spacial score (nSPS) is 9.81. The predicted molar refractivity (Wildman–Crippen MR) is 70.3 cm³/mol. The van der Waals surface area contributed by atoms with Crippen LogP contribution >= 0.6 is 34.3 Å². The van der Waals surface area contributed by atoms with Crippen molar-refractivity contribution in [3.8, 4) is 0 Å². The van der Waals surface area contributed by atoms with E-state index in [0.717, 1.165) is 15.3 Å². The minimum atomic E-state index is -0.909. The van der Waals surface area contributed by atoms with Crippen molar-refractivity contribution in [2.24, 2.45) is 0 Å². The highest BCUT2D eigenvalue weighted by Gasteiger charge is 1.87. The summed E-state index contributed by atoms with van der Waals surface area (Å²) in [4.78, 5) is 11.0. The van der Waals surface area contributed by atoms with Crippen LogP contribution in [0.2, 0.25) is 4.34 Å². The Bertz CT molecular complexity index is 433. The molecule has 0 aliphatic carbocycles. The zero-order chi connectivity index (χ0) is 11.8. The maximum Gasteiger partial charge on any atom is 0.328 e. The first kappa shape index (κ1) is 13.0. The van der Waals surface area contributed by atoms with Crippen LogP contribution in [0.15, 0.2) is 41.1 Å². The number of halogens is 1. The van der Waals surface area contributed by atoms with E-state index in [-0.39, 0.29) is 0 Å². The van der Waals surface area contributed by atoms with Gasteiger partial charge in [-0.25, -0.2) is 4.79 Å². The summed E-state index contributed by atoms with van der Waals surface area (Å²) in [6.45, 7) is 0. The van der Waals surface area contributed by atoms with Gasteiger partial charge in [-0.3, -0.25) is 0 Å². The van der Waals surface area contributed by atoms with Crippen LogP contribution in [0.4, 0.5) is 0 Å². The molecule has 1 N–H and O–H groups in total. The Morgan fingerprint density at radius 2 is 1.94 bits per heavy atom. The first-order valence-electron chi connectivity index (χ1n) is 4.32. The molecular formula is C11H9ClO2S2. The molecule has 0 radical (unpaired) electrons. The lowest BCUT2D eigenvalue weighted by atomic mass is 10.4. The van der Waals surface area contributed by atoms with E-state index in [1.165, 1.54) is 11.3 Å². The van der Waals surface area contributed by atoms with Crippen molar-refractivity contribution in [1.82, 2.24) is 0 Å². The molecule has 2 heterocycles. The van der Waals surface area contributed by atoms with E-state index in [9.17, 15) is 4.79 Å². The molecule has 0 unspecified atom stereocenters. The van der Waals surface area contributed by atoms with E-state index in [4.69, 9.17) is 16.7 Å². The van der Waals surface area contributed by atoms with Crippen LogP contribution in [0, 0.1) is 0 Å². The Balaban J connectivity index is 0.000000181. The monoisotopic (exact) mass is 272 g/mol. The lowest BCUT2D eigenvalue weighted by Crippen LogP contribution is -1.84. The van der Waals surface area contributed by atoms with Crippen LogP contribution in [-0.4, -0.2) is 11.1 Å². The van der Waals surface area contributed by atoms with Crippen molar-refractivity contribution in [3.05, 3.63) is 50.3 Å². The first-order valence-corrected chi connectivity index (χ1v) is 6.46. The molecule has 2 aromatic rings. The number of rotatable bonds is 2. The molecule has 0 fully saturated rings. The quantitative estimate of drug-likeness (QED) is 0.830. The number of carbonyl (C=O) groups is 1. The van der Waals surface area contributed by atoms with Crippen LogP contribution < -0.4 is 0 Å². The van der Waals surface area contributed by atoms with Gasteiger partial charge in [0.2, 0.25) is 0 Å². The molecule has 5 heteroatoms. The second kappa shape index (κ2) is 7.22. The fourth-order valence-corrected chi connectivity index (χ4v) is 2.09. The van der Waals surface area contributed by atoms with Crippen LogP contribution in [0.5, 0.6) is 0 Å². The zero-order valence-electron chi connectivity index (χ0n) is 8.17. The number of hydrogen-bond acceptors (Lipinski definition) is 3. The maximum atomic E-state index is 10.0. The Labute approximate surface area is 106 Å². The Morgan fingerprint density at radius 1 is 1.25 bits per heavy atom. The predicted octanol–water partition coefficient (Wildman–Crippen LogP) is 4.25. The van der Waals surface area contributed by atoms with Gasteiger partial charge in [-0.05, 0) is 35.0 Å². The summed E-state index contributed by atoms with van der Waals surface area (Å²) in [5.74, 6) is -0.909. The number of hydrogen-bond donors (Lipinski definition) is 1. The van der Waals surface area contributed by atoms with Crippen molar-refractivity contribution in [2.75, 3.05) is 0 Å². The van der Waals surface area contributed by atoms with Gasteiger partial charge in [0, 0.05) is 11.0 Å². The summed E-state index contributed by atoms with van der Waals surface area (Å²) < 4.78 is 0.856. The summed E-state index contributed by atoms with van der Waals surface area (Å²) in [6.07, 6.45) is 2.71. The van der Waals surface area contributed by atoms with Gasteiger partial charge in [0.15, 0.2) is 0 Å². The molecule has 16 heavy (non-hydrogen) atoms. The van der Waals surface area contributed by atoms with Crippen molar-refractivity contribution in [3.63, 3.8) is 0 Å². The highest BCUT2D eigenvalue weighted by Crippen LogP contribution is 2.13. The summed E-state index contributed by atoms with van der Waals surface area (Å²) >= 11 is 8.53. The molecule has 0 bridgehead atoms. The lowest BCUT2D eigenvalue weighted by molar-refractivity contribution is -0.131. The van der Waals surface area contributed by atoms with E-state index >= 15 is 0 Å². The molecule has 2 aromatic heterocycles. The Morgan fingerprint density at radius 3 is 2.31 bits per heavy atom. The largest absolute Gasteiger partial charge is 0.478 e. The standard InChI is InChI=1S/C7H6O2S.C4H3ClS/c8-7(9)4-3-6-2-1-5-10-6;5-4-2-1-3-6-4/h1-5H,(H,8,9);1-3H/b4-3+;. The van der Waals surface area contributed by atoms with E-state index in [1.54, 1.807) is 17.4 Å². The van der Waals surface area contributed by atoms with Gasteiger partial charge in [0.25, 0.3) is 0 Å². The summed E-state index contributed by atoms with van der Waals surface area (Å²) in [5.41, 5.74) is 0. The third kappa shape index (κ3) is 5.70. The van der Waals surface area contributed by atoms with Gasteiger partial charge < -0.3 is 5.11 Å². The second-order valence-corrected chi connectivity index (χ2v) is 5.16. The Kier molecular flexibility index (Phi) is 5.85. The summed E-state index contributed by atoms with van der Waals surface area (Å²) in [5, 5.41) is 12.1. The van der Waals surface area contributed by atoms with Gasteiger partial charge in [-0.15, -0.1) is 22.7 Å². The van der Waals surface area contributed by atoms with E-state index in [2.05, 4.69) is 0 Å². The number of carboxylic acid groups (broad SMARTS) is 1. The van der Waals surface area contributed by atoms with Crippen molar-refractivity contribution < 1.29 is 9.90 Å². The molecule has 0 atom stereocenters. The molecule has 0 saturated heterocycles. The highest BCUT2D eigenvalue weighted by atomic mass is 35.5. The third-order valence-electron chi connectivity index (χ3n) is 1.42. The minimum Gasteiger partial charge on any atom is -0.478 e. The molecule has 0 aromatic carbocycles. The van der Waals surface area contributed by atoms with Gasteiger partial charge in [-0.1, -0.05) is 17.7 Å². The number of thiophene rings is 2. The van der Waals surface area contributed by atoms with E-state index in [1.807, 2.05) is 35.0 Å². The van der Waals surface area contributed by atoms with Gasteiger partial charge in [-0.2, -0.15) is 0 Å². The van der Waals surface area contributed by atoms with Gasteiger partial charge >= 0.3 is 5.97 Å². The zero-order valence-corrected chi connectivity index (χ0v) is 10.6. The van der Waals surface area contributed by atoms with Crippen LogP contribution in [-0.2, 0) is 4.79 Å². The SMILES string of the molecule is Clc1cccs1.O=C(O)/C=C/c1cccs1. The van der Waals surface area contributed by atoms with E-state index in [0.29, 0.717) is 0 Å². The average Bonchev–Trinajstić information content (AvgIpc) is 2.88. The first-order chi connectivity index (χ1) is 7.68. The smallest absolute Gasteiger partial charge is 0.328 e. The Hall–Kier alpha value is -1.10. The summed E-state index contributed by atoms with van der Waals surface area (Å²) in [7, 11) is 0. The van der Waals surface area contributed by atoms with Gasteiger partial charge in [0.05, 0.1) is 4.34 Å². The molecule has 2 rings (SSSR count). The van der Waals surface area contributed by atoms with Crippen molar-refractivity contribution in [2.45, 2.75) is 0 Å². The molecule has 0 spiro atoms. The third-order valence-corrected chi connectivity index (χ3v) is 3.31. The highest BCUT2D eigenvalue weighted by molar-refractivity contribution is 7.14. The fraction of sp³-hybridized carbons (Fsp3) is 0. The van der Waals surface area contributed by atoms with E-state index < -0.39 is 5.97 Å².